The smallest absolute Gasteiger partial charge is 0.0897 e. The van der Waals surface area contributed by atoms with Crippen molar-refractivity contribution in [3.05, 3.63) is 47.5 Å². The molecule has 0 atom stereocenters. The van der Waals surface area contributed by atoms with Gasteiger partial charge < -0.3 is 0 Å². The molecule has 0 bridgehead atoms. The minimum Gasteiger partial charge on any atom is -0.251 e. The molecule has 2 aliphatic rings. The fourth-order valence-electron chi connectivity index (χ4n) is 5.43. The third-order valence-corrected chi connectivity index (χ3v) is 7.49. The van der Waals surface area contributed by atoms with Gasteiger partial charge >= 0.3 is 0 Å². The van der Waals surface area contributed by atoms with Crippen LogP contribution in [0.3, 0.4) is 0 Å². The number of benzene rings is 1. The molecular weight excluding hydrogens is 343 g/mol. The fourth-order valence-corrected chi connectivity index (χ4v) is 5.43. The molecule has 2 saturated carbocycles. The van der Waals surface area contributed by atoms with Crippen LogP contribution in [-0.2, 0) is 6.42 Å². The lowest BCUT2D eigenvalue weighted by Crippen LogP contribution is -2.17. The van der Waals surface area contributed by atoms with Crippen molar-refractivity contribution in [3.63, 3.8) is 0 Å². The van der Waals surface area contributed by atoms with E-state index >= 15 is 0 Å². The number of aryl methyl sites for hydroxylation is 1. The van der Waals surface area contributed by atoms with Crippen molar-refractivity contribution < 1.29 is 4.39 Å². The normalized spacial score (nSPS) is 28.6. The average molecular weight is 385 g/mol. The van der Waals surface area contributed by atoms with Crippen molar-refractivity contribution in [1.82, 2.24) is 0 Å². The Hall–Kier alpha value is -1.11. The van der Waals surface area contributed by atoms with Crippen molar-refractivity contribution in [2.75, 3.05) is 6.67 Å². The van der Waals surface area contributed by atoms with E-state index in [-0.39, 0.29) is 6.67 Å². The van der Waals surface area contributed by atoms with Crippen LogP contribution in [0, 0.1) is 17.8 Å². The second-order valence-electron chi connectivity index (χ2n) is 9.43. The Kier molecular flexibility index (Phi) is 9.09. The second-order valence-corrected chi connectivity index (χ2v) is 9.43. The highest BCUT2D eigenvalue weighted by Crippen LogP contribution is 2.40. The van der Waals surface area contributed by atoms with Crippen LogP contribution in [0.1, 0.15) is 101 Å². The molecule has 0 heterocycles. The number of alkyl halides is 1. The molecule has 0 nitrogen and oxygen atoms in total. The molecule has 1 heteroatoms. The van der Waals surface area contributed by atoms with Crippen LogP contribution in [0.5, 0.6) is 0 Å². The highest BCUT2D eigenvalue weighted by atomic mass is 19.1. The van der Waals surface area contributed by atoms with E-state index in [0.29, 0.717) is 6.42 Å². The molecule has 0 unspecified atom stereocenters. The summed E-state index contributed by atoms with van der Waals surface area (Å²) in [6.45, 7) is 2.06. The van der Waals surface area contributed by atoms with E-state index in [2.05, 4.69) is 43.3 Å². The molecule has 0 saturated heterocycles. The van der Waals surface area contributed by atoms with Gasteiger partial charge in [0.2, 0.25) is 0 Å². The summed E-state index contributed by atoms with van der Waals surface area (Å²) >= 11 is 0. The van der Waals surface area contributed by atoms with Gasteiger partial charge in [-0.3, -0.25) is 4.39 Å². The molecule has 3 rings (SSSR count). The number of halogens is 1. The van der Waals surface area contributed by atoms with Gasteiger partial charge in [0.05, 0.1) is 6.67 Å². The molecule has 0 N–H and O–H groups in total. The molecule has 2 fully saturated rings. The van der Waals surface area contributed by atoms with Gasteiger partial charge in [-0.15, -0.1) is 0 Å². The molecule has 0 radical (unpaired) electrons. The van der Waals surface area contributed by atoms with Gasteiger partial charge in [-0.1, -0.05) is 56.2 Å². The zero-order valence-corrected chi connectivity index (χ0v) is 18.1. The summed E-state index contributed by atoms with van der Waals surface area (Å²) in [5.41, 5.74) is 3.04. The van der Waals surface area contributed by atoms with E-state index in [1.165, 1.54) is 69.8 Å². The average Bonchev–Trinajstić information content (AvgIpc) is 2.76. The van der Waals surface area contributed by atoms with Crippen molar-refractivity contribution in [2.45, 2.75) is 96.3 Å². The quantitative estimate of drug-likeness (QED) is 0.296. The Balaban J connectivity index is 1.31. The predicted octanol–water partition coefficient (Wildman–Crippen LogP) is 8.42. The van der Waals surface area contributed by atoms with E-state index in [0.717, 1.165) is 36.5 Å². The van der Waals surface area contributed by atoms with Crippen LogP contribution in [0.4, 0.5) is 4.39 Å². The minimum absolute atomic E-state index is 0.176. The lowest BCUT2D eigenvalue weighted by Gasteiger charge is -2.31. The molecule has 0 amide bonds. The lowest BCUT2D eigenvalue weighted by atomic mass is 9.74. The van der Waals surface area contributed by atoms with Gasteiger partial charge in [-0.05, 0) is 105 Å². The van der Waals surface area contributed by atoms with E-state index < -0.39 is 0 Å². The maximum atomic E-state index is 12.2. The van der Waals surface area contributed by atoms with Crippen molar-refractivity contribution in [1.29, 1.82) is 0 Å². The van der Waals surface area contributed by atoms with E-state index in [1.54, 1.807) is 5.56 Å². The number of hydrogen-bond acceptors (Lipinski definition) is 0. The summed E-state index contributed by atoms with van der Waals surface area (Å²) in [4.78, 5) is 0. The SMILES string of the molecule is CCc1ccc(C2CCC(CCC3CCC(C=CCCCF)CC3)CC2)cc1. The third kappa shape index (κ3) is 6.75. The van der Waals surface area contributed by atoms with Crippen LogP contribution < -0.4 is 0 Å². The van der Waals surface area contributed by atoms with Gasteiger partial charge in [-0.25, -0.2) is 0 Å². The molecule has 156 valence electrons. The highest BCUT2D eigenvalue weighted by molar-refractivity contribution is 5.25. The zero-order chi connectivity index (χ0) is 19.6. The first-order chi connectivity index (χ1) is 13.8. The van der Waals surface area contributed by atoms with Gasteiger partial charge in [0.15, 0.2) is 0 Å². The maximum Gasteiger partial charge on any atom is 0.0897 e. The lowest BCUT2D eigenvalue weighted by molar-refractivity contribution is 0.246. The first kappa shape index (κ1) is 21.6. The molecule has 0 aliphatic heterocycles. The van der Waals surface area contributed by atoms with Crippen molar-refractivity contribution in [2.24, 2.45) is 17.8 Å². The van der Waals surface area contributed by atoms with Gasteiger partial charge in [-0.2, -0.15) is 0 Å². The maximum absolute atomic E-state index is 12.2. The number of hydrogen-bond donors (Lipinski definition) is 0. The summed E-state index contributed by atoms with van der Waals surface area (Å²) in [6.07, 6.45) is 21.5. The van der Waals surface area contributed by atoms with Crippen molar-refractivity contribution in [3.8, 4) is 0 Å². The Labute approximate surface area is 173 Å². The molecule has 1 aromatic rings. The standard InChI is InChI=1S/C27H41F/c1-2-22-13-17-26(18-14-22)27-19-15-25(16-20-27)12-11-24-9-7-23(8-10-24)6-4-3-5-21-28/h4,6,13-14,17-18,23-25,27H,2-3,5,7-12,15-16,19-21H2,1H3. The summed E-state index contributed by atoms with van der Waals surface area (Å²) in [7, 11) is 0. The first-order valence-electron chi connectivity index (χ1n) is 12.1. The molecular formula is C27H41F. The monoisotopic (exact) mass is 384 g/mol. The Morgan fingerprint density at radius 3 is 2.04 bits per heavy atom. The second kappa shape index (κ2) is 11.8. The summed E-state index contributed by atoms with van der Waals surface area (Å²) < 4.78 is 12.2. The number of allylic oxidation sites excluding steroid dienone is 2. The first-order valence-corrected chi connectivity index (χ1v) is 12.1. The van der Waals surface area contributed by atoms with Crippen molar-refractivity contribution >= 4 is 0 Å². The molecule has 0 spiro atoms. The third-order valence-electron chi connectivity index (χ3n) is 7.49. The largest absolute Gasteiger partial charge is 0.251 e. The van der Waals surface area contributed by atoms with Crippen LogP contribution in [0.25, 0.3) is 0 Å². The van der Waals surface area contributed by atoms with E-state index in [1.807, 2.05) is 0 Å². The Bertz CT molecular complexity index is 556. The molecule has 1 aromatic carbocycles. The summed E-state index contributed by atoms with van der Waals surface area (Å²) in [6, 6.07) is 9.42. The molecule has 2 aliphatic carbocycles. The molecule has 28 heavy (non-hydrogen) atoms. The highest BCUT2D eigenvalue weighted by Gasteiger charge is 2.24. The Morgan fingerprint density at radius 1 is 0.857 bits per heavy atom. The van der Waals surface area contributed by atoms with Crippen LogP contribution in [0.2, 0.25) is 0 Å². The fraction of sp³-hybridized carbons (Fsp3) is 0.704. The zero-order valence-electron chi connectivity index (χ0n) is 18.1. The molecule has 0 aromatic heterocycles. The number of rotatable bonds is 9. The van der Waals surface area contributed by atoms with Crippen LogP contribution in [-0.4, -0.2) is 6.67 Å². The minimum atomic E-state index is -0.176. The van der Waals surface area contributed by atoms with E-state index in [9.17, 15) is 4.39 Å². The predicted molar refractivity (Wildman–Crippen MR) is 120 cm³/mol. The van der Waals surface area contributed by atoms with Gasteiger partial charge in [0, 0.05) is 0 Å². The van der Waals surface area contributed by atoms with Crippen LogP contribution >= 0.6 is 0 Å². The van der Waals surface area contributed by atoms with Gasteiger partial charge in [0.1, 0.15) is 0 Å². The topological polar surface area (TPSA) is 0 Å². The Morgan fingerprint density at radius 2 is 1.46 bits per heavy atom. The van der Waals surface area contributed by atoms with E-state index in [4.69, 9.17) is 0 Å². The number of unbranched alkanes of at least 4 members (excludes halogenated alkanes) is 1. The van der Waals surface area contributed by atoms with Crippen LogP contribution in [0.15, 0.2) is 36.4 Å². The van der Waals surface area contributed by atoms with Gasteiger partial charge in [0.25, 0.3) is 0 Å². The summed E-state index contributed by atoms with van der Waals surface area (Å²) in [5, 5.41) is 0. The summed E-state index contributed by atoms with van der Waals surface area (Å²) in [5.74, 6) is 3.52.